The minimum atomic E-state index is -0.218. The van der Waals surface area contributed by atoms with Gasteiger partial charge in [-0.25, -0.2) is 4.39 Å². The largest absolute Gasteiger partial charge is 0.312 e. The molecule has 104 valence electrons. The van der Waals surface area contributed by atoms with Crippen molar-refractivity contribution in [3.05, 3.63) is 34.6 Å². The van der Waals surface area contributed by atoms with Crippen LogP contribution in [0.5, 0.6) is 0 Å². The third kappa shape index (κ3) is 2.50. The van der Waals surface area contributed by atoms with E-state index in [1.807, 2.05) is 7.05 Å². The van der Waals surface area contributed by atoms with Crippen LogP contribution in [0.15, 0.2) is 18.2 Å². The average Bonchev–Trinajstić information content (AvgIpc) is 2.43. The number of benzene rings is 1. The number of nitrogens with one attached hydrogen (secondary N) is 1. The molecule has 1 aromatic rings. The zero-order valence-corrected chi connectivity index (χ0v) is 11.8. The fraction of sp³-hybridized carbons (Fsp3) is 0.571. The minimum absolute atomic E-state index is 0.0142. The predicted molar refractivity (Wildman–Crippen MR) is 75.0 cm³/mol. The zero-order valence-electron chi connectivity index (χ0n) is 11.1. The van der Waals surface area contributed by atoms with Crippen LogP contribution in [0, 0.1) is 5.82 Å². The SMILES string of the molecule is CNC(c1ccc(Cl)cc1F)C1CN2CCN1CC2. The van der Waals surface area contributed by atoms with E-state index in [0.717, 1.165) is 32.7 Å². The Labute approximate surface area is 118 Å². The molecule has 3 aliphatic rings. The molecule has 19 heavy (non-hydrogen) atoms. The molecule has 0 aromatic heterocycles. The molecule has 3 heterocycles. The number of hydrogen-bond acceptors (Lipinski definition) is 3. The first-order valence-corrected chi connectivity index (χ1v) is 7.15. The highest BCUT2D eigenvalue weighted by atomic mass is 35.5. The van der Waals surface area contributed by atoms with Gasteiger partial charge < -0.3 is 5.32 Å². The van der Waals surface area contributed by atoms with E-state index < -0.39 is 0 Å². The average molecular weight is 284 g/mol. The van der Waals surface area contributed by atoms with Gasteiger partial charge in [0.1, 0.15) is 5.82 Å². The van der Waals surface area contributed by atoms with Crippen LogP contribution in [-0.2, 0) is 0 Å². The molecular formula is C14H19ClFN3. The highest BCUT2D eigenvalue weighted by Crippen LogP contribution is 2.29. The number of fused-ring (bicyclic) bond motifs is 3. The Morgan fingerprint density at radius 2 is 2.05 bits per heavy atom. The fourth-order valence-electron chi connectivity index (χ4n) is 3.28. The molecule has 0 spiro atoms. The summed E-state index contributed by atoms with van der Waals surface area (Å²) >= 11 is 5.83. The maximum Gasteiger partial charge on any atom is 0.129 e. The zero-order chi connectivity index (χ0) is 13.4. The van der Waals surface area contributed by atoms with E-state index in [9.17, 15) is 4.39 Å². The van der Waals surface area contributed by atoms with Gasteiger partial charge in [0.25, 0.3) is 0 Å². The van der Waals surface area contributed by atoms with Gasteiger partial charge >= 0.3 is 0 Å². The van der Waals surface area contributed by atoms with Crippen molar-refractivity contribution in [1.29, 1.82) is 0 Å². The third-order valence-corrected chi connectivity index (χ3v) is 4.55. The number of rotatable bonds is 3. The van der Waals surface area contributed by atoms with Gasteiger partial charge in [-0.3, -0.25) is 9.80 Å². The number of nitrogens with zero attached hydrogens (tertiary/aromatic N) is 2. The smallest absolute Gasteiger partial charge is 0.129 e. The van der Waals surface area contributed by atoms with Crippen molar-refractivity contribution in [3.63, 3.8) is 0 Å². The van der Waals surface area contributed by atoms with Crippen LogP contribution < -0.4 is 5.32 Å². The van der Waals surface area contributed by atoms with Crippen LogP contribution in [0.1, 0.15) is 11.6 Å². The van der Waals surface area contributed by atoms with Crippen molar-refractivity contribution in [2.24, 2.45) is 0 Å². The molecule has 0 amide bonds. The Kier molecular flexibility index (Phi) is 3.76. The maximum atomic E-state index is 14.1. The topological polar surface area (TPSA) is 18.5 Å². The minimum Gasteiger partial charge on any atom is -0.312 e. The Morgan fingerprint density at radius 1 is 1.32 bits per heavy atom. The van der Waals surface area contributed by atoms with Crippen molar-refractivity contribution >= 4 is 11.6 Å². The highest BCUT2D eigenvalue weighted by Gasteiger charge is 2.37. The Bertz CT molecular complexity index is 460. The first kappa shape index (κ1) is 13.3. The second kappa shape index (κ2) is 5.37. The van der Waals surface area contributed by atoms with E-state index in [0.29, 0.717) is 16.6 Å². The van der Waals surface area contributed by atoms with Gasteiger partial charge in [0.15, 0.2) is 0 Å². The lowest BCUT2D eigenvalue weighted by Crippen LogP contribution is -2.63. The first-order valence-electron chi connectivity index (χ1n) is 6.77. The van der Waals surface area contributed by atoms with Crippen LogP contribution in [-0.4, -0.2) is 55.6 Å². The van der Waals surface area contributed by atoms with E-state index in [1.165, 1.54) is 6.07 Å². The van der Waals surface area contributed by atoms with E-state index in [4.69, 9.17) is 11.6 Å². The molecule has 1 N–H and O–H groups in total. The van der Waals surface area contributed by atoms with Gasteiger partial charge in [-0.1, -0.05) is 17.7 Å². The molecule has 3 saturated heterocycles. The number of piperazine rings is 3. The molecule has 5 heteroatoms. The summed E-state index contributed by atoms with van der Waals surface area (Å²) in [6, 6.07) is 5.32. The molecule has 4 rings (SSSR count). The standard InChI is InChI=1S/C14H19ClFN3/c1-17-14(11-3-2-10(15)8-12(11)16)13-9-18-4-6-19(13)7-5-18/h2-3,8,13-14,17H,4-7,9H2,1H3. The Morgan fingerprint density at radius 3 is 2.58 bits per heavy atom. The van der Waals surface area contributed by atoms with Crippen molar-refractivity contribution in [1.82, 2.24) is 15.1 Å². The summed E-state index contributed by atoms with van der Waals surface area (Å²) in [6.07, 6.45) is 0. The summed E-state index contributed by atoms with van der Waals surface area (Å²) in [5.41, 5.74) is 0.714. The van der Waals surface area contributed by atoms with E-state index in [2.05, 4.69) is 15.1 Å². The van der Waals surface area contributed by atoms with E-state index in [1.54, 1.807) is 12.1 Å². The summed E-state index contributed by atoms with van der Waals surface area (Å²) in [4.78, 5) is 4.93. The summed E-state index contributed by atoms with van der Waals surface area (Å²) in [6.45, 7) is 5.44. The molecule has 3 fully saturated rings. The molecule has 1 aromatic carbocycles. The van der Waals surface area contributed by atoms with Crippen LogP contribution in [0.4, 0.5) is 4.39 Å². The third-order valence-electron chi connectivity index (χ3n) is 4.31. The lowest BCUT2D eigenvalue weighted by molar-refractivity contribution is -0.00303. The number of halogens is 2. The van der Waals surface area contributed by atoms with Gasteiger partial charge in [0.2, 0.25) is 0 Å². The molecular weight excluding hydrogens is 265 g/mol. The molecule has 0 aliphatic carbocycles. The summed E-state index contributed by atoms with van der Waals surface area (Å²) in [7, 11) is 1.90. The molecule has 3 aliphatic heterocycles. The molecule has 2 unspecified atom stereocenters. The fourth-order valence-corrected chi connectivity index (χ4v) is 3.44. The van der Waals surface area contributed by atoms with Crippen LogP contribution in [0.2, 0.25) is 5.02 Å². The molecule has 3 nitrogen and oxygen atoms in total. The number of hydrogen-bond donors (Lipinski definition) is 1. The lowest BCUT2D eigenvalue weighted by Gasteiger charge is -2.50. The molecule has 0 radical (unpaired) electrons. The summed E-state index contributed by atoms with van der Waals surface area (Å²) < 4.78 is 14.1. The van der Waals surface area contributed by atoms with E-state index in [-0.39, 0.29) is 11.9 Å². The maximum absolute atomic E-state index is 14.1. The van der Waals surface area contributed by atoms with E-state index >= 15 is 0 Å². The number of likely N-dealkylation sites (N-methyl/N-ethyl adjacent to an activating group) is 1. The van der Waals surface area contributed by atoms with Gasteiger partial charge in [-0.05, 0) is 19.2 Å². The van der Waals surface area contributed by atoms with Crippen LogP contribution in [0.25, 0.3) is 0 Å². The van der Waals surface area contributed by atoms with Gasteiger partial charge in [0.05, 0.1) is 6.04 Å². The van der Waals surface area contributed by atoms with Gasteiger partial charge in [-0.2, -0.15) is 0 Å². The van der Waals surface area contributed by atoms with Crippen LogP contribution in [0.3, 0.4) is 0 Å². The van der Waals surface area contributed by atoms with Crippen molar-refractivity contribution < 1.29 is 4.39 Å². The molecule has 0 saturated carbocycles. The van der Waals surface area contributed by atoms with Gasteiger partial charge in [0, 0.05) is 49.4 Å². The Balaban J connectivity index is 1.88. The summed E-state index contributed by atoms with van der Waals surface area (Å²) in [5.74, 6) is -0.218. The second-order valence-corrected chi connectivity index (χ2v) is 5.77. The quantitative estimate of drug-likeness (QED) is 0.912. The molecule has 2 atom stereocenters. The lowest BCUT2D eigenvalue weighted by atomic mass is 9.94. The molecule has 2 bridgehead atoms. The predicted octanol–water partition coefficient (Wildman–Crippen LogP) is 1.74. The van der Waals surface area contributed by atoms with Crippen molar-refractivity contribution in [3.8, 4) is 0 Å². The highest BCUT2D eigenvalue weighted by molar-refractivity contribution is 6.30. The van der Waals surface area contributed by atoms with Crippen molar-refractivity contribution in [2.45, 2.75) is 12.1 Å². The van der Waals surface area contributed by atoms with Gasteiger partial charge in [-0.15, -0.1) is 0 Å². The monoisotopic (exact) mass is 283 g/mol. The summed E-state index contributed by atoms with van der Waals surface area (Å²) in [5, 5.41) is 3.73. The Hall–Kier alpha value is -0.680. The first-order chi connectivity index (χ1) is 9.19. The van der Waals surface area contributed by atoms with Crippen molar-refractivity contribution in [2.75, 3.05) is 39.8 Å². The normalized spacial score (nSPS) is 31.4. The van der Waals surface area contributed by atoms with Crippen LogP contribution >= 0.6 is 11.6 Å². The second-order valence-electron chi connectivity index (χ2n) is 5.34.